The Labute approximate surface area is 156 Å². The Hall–Kier alpha value is -2.01. The molecule has 1 aromatic rings. The third kappa shape index (κ3) is 5.01. The lowest BCUT2D eigenvalue weighted by atomic mass is 10.1. The van der Waals surface area contributed by atoms with Crippen LogP contribution in [0.15, 0.2) is 36.2 Å². The Morgan fingerprint density at radius 1 is 1.04 bits per heavy atom. The first-order valence-corrected chi connectivity index (χ1v) is 9.85. The number of benzene rings is 1. The Morgan fingerprint density at radius 2 is 1.85 bits per heavy atom. The second-order valence-corrected chi connectivity index (χ2v) is 7.08. The van der Waals surface area contributed by atoms with Crippen molar-refractivity contribution in [2.75, 3.05) is 32.8 Å². The fourth-order valence-electron chi connectivity index (χ4n) is 3.66. The van der Waals surface area contributed by atoms with Crippen LogP contribution in [0.3, 0.4) is 0 Å². The van der Waals surface area contributed by atoms with Crippen LogP contribution in [0, 0.1) is 0 Å². The number of fused-ring (bicyclic) bond motifs is 1. The summed E-state index contributed by atoms with van der Waals surface area (Å²) in [5, 5.41) is 8.74. The first-order chi connectivity index (χ1) is 12.8. The molecule has 5 nitrogen and oxygen atoms in total. The average molecular weight is 358 g/mol. The van der Waals surface area contributed by atoms with Crippen molar-refractivity contribution in [2.45, 2.75) is 45.1 Å². The van der Waals surface area contributed by atoms with Gasteiger partial charge in [0.05, 0.1) is 12.2 Å². The number of aliphatic hydroxyl groups excluding tert-OH is 1. The predicted molar refractivity (Wildman–Crippen MR) is 102 cm³/mol. The second kappa shape index (κ2) is 9.62. The first-order valence-electron chi connectivity index (χ1n) is 9.85. The van der Waals surface area contributed by atoms with Crippen molar-refractivity contribution in [1.29, 1.82) is 0 Å². The molecule has 26 heavy (non-hydrogen) atoms. The lowest BCUT2D eigenvalue weighted by molar-refractivity contribution is 0.0497. The van der Waals surface area contributed by atoms with E-state index in [1.165, 1.54) is 24.4 Å². The molecule has 0 atom stereocenters. The van der Waals surface area contributed by atoms with E-state index in [0.717, 1.165) is 51.7 Å². The van der Waals surface area contributed by atoms with E-state index in [2.05, 4.69) is 15.9 Å². The van der Waals surface area contributed by atoms with E-state index in [1.54, 1.807) is 0 Å². The number of hydrogen-bond acceptors (Lipinski definition) is 5. The lowest BCUT2D eigenvalue weighted by Gasteiger charge is -2.38. The maximum atomic E-state index is 12.1. The summed E-state index contributed by atoms with van der Waals surface area (Å²) >= 11 is 0. The molecule has 0 saturated carbocycles. The topological polar surface area (TPSA) is 53.0 Å². The van der Waals surface area contributed by atoms with Crippen LogP contribution in [0.5, 0.6) is 0 Å². The molecule has 0 aliphatic carbocycles. The van der Waals surface area contributed by atoms with Gasteiger partial charge in [0.15, 0.2) is 0 Å². The first kappa shape index (κ1) is 18.8. The fourth-order valence-corrected chi connectivity index (χ4v) is 3.66. The van der Waals surface area contributed by atoms with Crippen LogP contribution in [-0.2, 0) is 11.3 Å². The number of esters is 1. The molecule has 0 aromatic heterocycles. The van der Waals surface area contributed by atoms with Crippen LogP contribution in [0.4, 0.5) is 0 Å². The molecular formula is C21H30N2O3. The van der Waals surface area contributed by atoms with Crippen molar-refractivity contribution in [1.82, 2.24) is 9.80 Å². The molecule has 2 aliphatic rings. The Kier molecular flexibility index (Phi) is 6.95. The van der Waals surface area contributed by atoms with E-state index < -0.39 is 0 Å². The smallest absolute Gasteiger partial charge is 0.338 e. The van der Waals surface area contributed by atoms with Crippen LogP contribution in [0.2, 0.25) is 0 Å². The molecule has 5 heteroatoms. The van der Waals surface area contributed by atoms with Gasteiger partial charge in [-0.25, -0.2) is 4.79 Å². The summed E-state index contributed by atoms with van der Waals surface area (Å²) < 4.78 is 5.33. The van der Waals surface area contributed by atoms with Crippen molar-refractivity contribution in [3.05, 3.63) is 47.3 Å². The molecule has 2 aliphatic heterocycles. The second-order valence-electron chi connectivity index (χ2n) is 7.08. The summed E-state index contributed by atoms with van der Waals surface area (Å²) in [5.74, 6) is 1.13. The van der Waals surface area contributed by atoms with Crippen molar-refractivity contribution in [3.63, 3.8) is 0 Å². The summed E-state index contributed by atoms with van der Waals surface area (Å²) in [6, 6.07) is 7.81. The molecule has 0 radical (unpaired) electrons. The molecule has 0 bridgehead atoms. The number of unbranched alkanes of at least 4 members (excludes halogenated alkanes) is 3. The number of rotatable bonds is 9. The highest BCUT2D eigenvalue weighted by atomic mass is 16.5. The maximum absolute atomic E-state index is 12.1. The highest BCUT2D eigenvalue weighted by molar-refractivity contribution is 5.89. The number of ether oxygens (including phenoxy) is 1. The molecule has 0 spiro atoms. The normalized spacial score (nSPS) is 16.4. The molecule has 0 amide bonds. The van der Waals surface area contributed by atoms with Crippen molar-refractivity contribution in [3.8, 4) is 0 Å². The van der Waals surface area contributed by atoms with E-state index in [0.29, 0.717) is 12.2 Å². The number of aliphatic hydroxyl groups is 1. The van der Waals surface area contributed by atoms with E-state index >= 15 is 0 Å². The van der Waals surface area contributed by atoms with E-state index in [1.807, 2.05) is 24.3 Å². The molecule has 0 unspecified atom stereocenters. The highest BCUT2D eigenvalue weighted by Crippen LogP contribution is 2.25. The minimum Gasteiger partial charge on any atom is -0.462 e. The largest absolute Gasteiger partial charge is 0.462 e. The SMILES string of the molecule is O=C(OCCCCCCO)c1ccc(CN2CCCN3CCC=C32)cc1. The van der Waals surface area contributed by atoms with E-state index in [9.17, 15) is 4.79 Å². The average Bonchev–Trinajstić information content (AvgIpc) is 3.15. The van der Waals surface area contributed by atoms with Crippen molar-refractivity contribution >= 4 is 5.97 Å². The van der Waals surface area contributed by atoms with Crippen molar-refractivity contribution < 1.29 is 14.6 Å². The summed E-state index contributed by atoms with van der Waals surface area (Å²) in [4.78, 5) is 17.0. The Balaban J connectivity index is 1.45. The molecule has 1 saturated heterocycles. The van der Waals surface area contributed by atoms with Gasteiger partial charge >= 0.3 is 5.97 Å². The third-order valence-corrected chi connectivity index (χ3v) is 5.08. The van der Waals surface area contributed by atoms with Crippen LogP contribution in [0.25, 0.3) is 0 Å². The third-order valence-electron chi connectivity index (χ3n) is 5.08. The fraction of sp³-hybridized carbons (Fsp3) is 0.571. The van der Waals surface area contributed by atoms with Gasteiger partial charge in [0.2, 0.25) is 0 Å². The minimum atomic E-state index is -0.249. The van der Waals surface area contributed by atoms with Crippen molar-refractivity contribution in [2.24, 2.45) is 0 Å². The minimum absolute atomic E-state index is 0.235. The molecule has 1 aromatic carbocycles. The standard InChI is InChI=1S/C21H30N2O3/c24-15-3-1-2-4-16-26-21(25)19-10-8-18(9-11-19)17-23-14-6-13-22-12-5-7-20(22)23/h7-11,24H,1-6,12-17H2. The number of carbonyl (C=O) groups is 1. The molecular weight excluding hydrogens is 328 g/mol. The van der Waals surface area contributed by atoms with E-state index in [-0.39, 0.29) is 12.6 Å². The van der Waals surface area contributed by atoms with Gasteiger partial charge in [-0.05, 0) is 55.9 Å². The molecule has 142 valence electrons. The zero-order valence-corrected chi connectivity index (χ0v) is 15.5. The van der Waals surface area contributed by atoms with Gasteiger partial charge in [0.1, 0.15) is 5.82 Å². The number of hydrogen-bond donors (Lipinski definition) is 1. The summed E-state index contributed by atoms with van der Waals surface area (Å²) in [6.07, 6.45) is 8.33. The van der Waals surface area contributed by atoms with E-state index in [4.69, 9.17) is 9.84 Å². The monoisotopic (exact) mass is 358 g/mol. The quantitative estimate of drug-likeness (QED) is 0.543. The molecule has 2 heterocycles. The van der Waals surface area contributed by atoms with Crippen LogP contribution >= 0.6 is 0 Å². The Morgan fingerprint density at radius 3 is 2.65 bits per heavy atom. The van der Waals surface area contributed by atoms with Gasteiger partial charge in [0.25, 0.3) is 0 Å². The van der Waals surface area contributed by atoms with Gasteiger partial charge in [-0.3, -0.25) is 0 Å². The summed E-state index contributed by atoms with van der Waals surface area (Å²) in [5.41, 5.74) is 1.84. The molecule has 1 fully saturated rings. The van der Waals surface area contributed by atoms with Crippen LogP contribution in [0.1, 0.15) is 54.4 Å². The highest BCUT2D eigenvalue weighted by Gasteiger charge is 2.24. The molecule has 1 N–H and O–H groups in total. The summed E-state index contributed by atoms with van der Waals surface area (Å²) in [7, 11) is 0. The van der Waals surface area contributed by atoms with Gasteiger partial charge in [-0.2, -0.15) is 0 Å². The molecule has 3 rings (SSSR count). The number of carbonyl (C=O) groups excluding carboxylic acids is 1. The predicted octanol–water partition coefficient (Wildman–Crippen LogP) is 3.15. The van der Waals surface area contributed by atoms with Crippen LogP contribution < -0.4 is 0 Å². The Bertz CT molecular complexity index is 612. The lowest BCUT2D eigenvalue weighted by Crippen LogP contribution is -2.39. The zero-order chi connectivity index (χ0) is 18.2. The maximum Gasteiger partial charge on any atom is 0.338 e. The van der Waals surface area contributed by atoms with Gasteiger partial charge in [-0.1, -0.05) is 18.6 Å². The zero-order valence-electron chi connectivity index (χ0n) is 15.5. The number of nitrogens with zero attached hydrogens (tertiary/aromatic N) is 2. The summed E-state index contributed by atoms with van der Waals surface area (Å²) in [6.45, 7) is 5.00. The van der Waals surface area contributed by atoms with Gasteiger partial charge in [-0.15, -0.1) is 0 Å². The van der Waals surface area contributed by atoms with Gasteiger partial charge < -0.3 is 19.6 Å². The van der Waals surface area contributed by atoms with Crippen LogP contribution in [-0.4, -0.2) is 53.7 Å². The van der Waals surface area contributed by atoms with Gasteiger partial charge in [0, 0.05) is 32.8 Å².